The van der Waals surface area contributed by atoms with E-state index in [0.29, 0.717) is 6.04 Å². The Balaban J connectivity index is 2.31. The van der Waals surface area contributed by atoms with Crippen LogP contribution in [-0.4, -0.2) is 11.0 Å². The van der Waals surface area contributed by atoms with Crippen LogP contribution in [-0.2, 0) is 6.54 Å². The highest BCUT2D eigenvalue weighted by Crippen LogP contribution is 2.08. The zero-order valence-corrected chi connectivity index (χ0v) is 10.6. The fourth-order valence-corrected chi connectivity index (χ4v) is 1.91. The molecule has 0 saturated heterocycles. The lowest BCUT2D eigenvalue weighted by Crippen LogP contribution is -2.28. The van der Waals surface area contributed by atoms with Crippen molar-refractivity contribution in [3.05, 3.63) is 30.1 Å². The molecule has 0 fully saturated rings. The first-order valence-corrected chi connectivity index (χ1v) is 6.49. The van der Waals surface area contributed by atoms with E-state index in [1.54, 1.807) is 0 Å². The average molecular weight is 220 g/mol. The Hall–Kier alpha value is -0.890. The van der Waals surface area contributed by atoms with Gasteiger partial charge in [0.05, 0.1) is 0 Å². The summed E-state index contributed by atoms with van der Waals surface area (Å²) in [5.41, 5.74) is 1.33. The molecule has 1 atom stereocenters. The van der Waals surface area contributed by atoms with Crippen LogP contribution in [0.25, 0.3) is 0 Å². The molecule has 0 aliphatic heterocycles. The van der Waals surface area contributed by atoms with Crippen molar-refractivity contribution in [2.24, 2.45) is 0 Å². The van der Waals surface area contributed by atoms with Gasteiger partial charge in [-0.2, -0.15) is 0 Å². The second-order valence-corrected chi connectivity index (χ2v) is 4.36. The molecule has 0 aliphatic carbocycles. The van der Waals surface area contributed by atoms with Crippen LogP contribution in [0.5, 0.6) is 0 Å². The van der Waals surface area contributed by atoms with Crippen molar-refractivity contribution in [1.29, 1.82) is 0 Å². The molecule has 0 spiro atoms. The molecule has 0 aliphatic rings. The number of nitrogens with zero attached hydrogens (tertiary/aromatic N) is 1. The molecule has 0 radical (unpaired) electrons. The van der Waals surface area contributed by atoms with Gasteiger partial charge in [0.1, 0.15) is 0 Å². The van der Waals surface area contributed by atoms with Gasteiger partial charge < -0.3 is 5.32 Å². The van der Waals surface area contributed by atoms with Crippen molar-refractivity contribution in [2.75, 3.05) is 0 Å². The highest BCUT2D eigenvalue weighted by atomic mass is 14.9. The van der Waals surface area contributed by atoms with Gasteiger partial charge >= 0.3 is 0 Å². The minimum Gasteiger partial charge on any atom is -0.310 e. The number of unbranched alkanes of at least 4 members (excludes halogenated alkanes) is 1. The van der Waals surface area contributed by atoms with Crippen LogP contribution < -0.4 is 5.32 Å². The summed E-state index contributed by atoms with van der Waals surface area (Å²) in [6.45, 7) is 5.48. The normalized spacial score (nSPS) is 12.6. The lowest BCUT2D eigenvalue weighted by molar-refractivity contribution is 0.434. The second kappa shape index (κ2) is 8.28. The van der Waals surface area contributed by atoms with Crippen molar-refractivity contribution in [2.45, 2.75) is 58.5 Å². The molecule has 1 N–H and O–H groups in total. The molecule has 1 aromatic heterocycles. The molecule has 0 saturated carbocycles. The molecule has 1 rings (SSSR count). The van der Waals surface area contributed by atoms with Gasteiger partial charge in [-0.05, 0) is 30.5 Å². The summed E-state index contributed by atoms with van der Waals surface area (Å²) in [4.78, 5) is 4.03. The van der Waals surface area contributed by atoms with Crippen molar-refractivity contribution >= 4 is 0 Å². The van der Waals surface area contributed by atoms with Gasteiger partial charge in [-0.15, -0.1) is 0 Å². The van der Waals surface area contributed by atoms with Gasteiger partial charge in [-0.3, -0.25) is 4.98 Å². The third-order valence-electron chi connectivity index (χ3n) is 2.89. The standard InChI is InChI=1S/C14H24N2/c1-3-5-7-14(6-4-2)16-12-13-8-10-15-11-9-13/h8-11,14,16H,3-7,12H2,1-2H3. The number of hydrogen-bond acceptors (Lipinski definition) is 2. The van der Waals surface area contributed by atoms with Crippen LogP contribution in [0.15, 0.2) is 24.5 Å². The number of nitrogens with one attached hydrogen (secondary N) is 1. The van der Waals surface area contributed by atoms with E-state index in [2.05, 4.69) is 36.3 Å². The monoisotopic (exact) mass is 220 g/mol. The first-order valence-electron chi connectivity index (χ1n) is 6.49. The molecule has 1 unspecified atom stereocenters. The lowest BCUT2D eigenvalue weighted by Gasteiger charge is -2.17. The van der Waals surface area contributed by atoms with Crippen LogP contribution in [0.4, 0.5) is 0 Å². The van der Waals surface area contributed by atoms with E-state index in [9.17, 15) is 0 Å². The lowest BCUT2D eigenvalue weighted by atomic mass is 10.0. The number of pyridine rings is 1. The fraction of sp³-hybridized carbons (Fsp3) is 0.643. The number of rotatable bonds is 8. The van der Waals surface area contributed by atoms with E-state index in [1.807, 2.05) is 12.4 Å². The molecule has 16 heavy (non-hydrogen) atoms. The first kappa shape index (κ1) is 13.2. The van der Waals surface area contributed by atoms with Crippen LogP contribution >= 0.6 is 0 Å². The SMILES string of the molecule is CCCCC(CCC)NCc1ccncc1. The van der Waals surface area contributed by atoms with Crippen molar-refractivity contribution in [3.63, 3.8) is 0 Å². The zero-order chi connectivity index (χ0) is 11.6. The molecule has 0 amide bonds. The van der Waals surface area contributed by atoms with Gasteiger partial charge in [-0.1, -0.05) is 33.1 Å². The van der Waals surface area contributed by atoms with Crippen molar-refractivity contribution in [1.82, 2.24) is 10.3 Å². The quantitative estimate of drug-likeness (QED) is 0.725. The maximum atomic E-state index is 4.03. The third kappa shape index (κ3) is 5.26. The minimum absolute atomic E-state index is 0.679. The summed E-state index contributed by atoms with van der Waals surface area (Å²) < 4.78 is 0. The molecule has 0 aromatic carbocycles. The summed E-state index contributed by atoms with van der Waals surface area (Å²) in [6.07, 6.45) is 10.2. The Morgan fingerprint density at radius 1 is 1.12 bits per heavy atom. The topological polar surface area (TPSA) is 24.9 Å². The smallest absolute Gasteiger partial charge is 0.0271 e. The Bertz CT molecular complexity index is 259. The van der Waals surface area contributed by atoms with Gasteiger partial charge in [0.15, 0.2) is 0 Å². The summed E-state index contributed by atoms with van der Waals surface area (Å²) in [7, 11) is 0. The third-order valence-corrected chi connectivity index (χ3v) is 2.89. The number of hydrogen-bond donors (Lipinski definition) is 1. The molecule has 2 heteroatoms. The average Bonchev–Trinajstić information content (AvgIpc) is 2.34. The Morgan fingerprint density at radius 2 is 1.88 bits per heavy atom. The van der Waals surface area contributed by atoms with Gasteiger partial charge in [0.25, 0.3) is 0 Å². The maximum Gasteiger partial charge on any atom is 0.0271 e. The molecule has 1 aromatic rings. The molecule has 1 heterocycles. The Kier molecular flexibility index (Phi) is 6.82. The van der Waals surface area contributed by atoms with Crippen LogP contribution in [0, 0.1) is 0 Å². The van der Waals surface area contributed by atoms with Gasteiger partial charge in [0.2, 0.25) is 0 Å². The van der Waals surface area contributed by atoms with Crippen LogP contribution in [0.2, 0.25) is 0 Å². The maximum absolute atomic E-state index is 4.03. The van der Waals surface area contributed by atoms with Crippen molar-refractivity contribution in [3.8, 4) is 0 Å². The first-order chi connectivity index (χ1) is 7.86. The summed E-state index contributed by atoms with van der Waals surface area (Å²) in [6, 6.07) is 4.84. The number of aromatic nitrogens is 1. The Labute approximate surface area is 99.5 Å². The van der Waals surface area contributed by atoms with E-state index in [-0.39, 0.29) is 0 Å². The molecule has 90 valence electrons. The van der Waals surface area contributed by atoms with E-state index in [0.717, 1.165) is 6.54 Å². The second-order valence-electron chi connectivity index (χ2n) is 4.36. The van der Waals surface area contributed by atoms with E-state index in [4.69, 9.17) is 0 Å². The van der Waals surface area contributed by atoms with E-state index < -0.39 is 0 Å². The molecular weight excluding hydrogens is 196 g/mol. The van der Waals surface area contributed by atoms with Crippen LogP contribution in [0.3, 0.4) is 0 Å². The zero-order valence-electron chi connectivity index (χ0n) is 10.6. The molecule has 0 bridgehead atoms. The molecular formula is C14H24N2. The Morgan fingerprint density at radius 3 is 2.50 bits per heavy atom. The summed E-state index contributed by atoms with van der Waals surface area (Å²) >= 11 is 0. The largest absolute Gasteiger partial charge is 0.310 e. The summed E-state index contributed by atoms with van der Waals surface area (Å²) in [5, 5.41) is 3.64. The van der Waals surface area contributed by atoms with Crippen molar-refractivity contribution < 1.29 is 0 Å². The predicted octanol–water partition coefficient (Wildman–Crippen LogP) is 3.53. The van der Waals surface area contributed by atoms with E-state index in [1.165, 1.54) is 37.7 Å². The molecule has 2 nitrogen and oxygen atoms in total. The fourth-order valence-electron chi connectivity index (χ4n) is 1.91. The summed E-state index contributed by atoms with van der Waals surface area (Å²) in [5.74, 6) is 0. The van der Waals surface area contributed by atoms with Gasteiger partial charge in [-0.25, -0.2) is 0 Å². The minimum atomic E-state index is 0.679. The predicted molar refractivity (Wildman–Crippen MR) is 69.3 cm³/mol. The van der Waals surface area contributed by atoms with Crippen LogP contribution in [0.1, 0.15) is 51.5 Å². The van der Waals surface area contributed by atoms with Gasteiger partial charge in [0, 0.05) is 25.0 Å². The highest BCUT2D eigenvalue weighted by molar-refractivity contribution is 5.09. The highest BCUT2D eigenvalue weighted by Gasteiger charge is 2.05. The van der Waals surface area contributed by atoms with E-state index >= 15 is 0 Å².